The van der Waals surface area contributed by atoms with Crippen LogP contribution in [0.2, 0.25) is 18.1 Å². The number of hydrogen-bond donors (Lipinski definition) is 1. The summed E-state index contributed by atoms with van der Waals surface area (Å²) >= 11 is 1.46. The molecule has 0 aliphatic carbocycles. The van der Waals surface area contributed by atoms with Crippen molar-refractivity contribution >= 4 is 19.7 Å². The zero-order chi connectivity index (χ0) is 14.3. The topological polar surface area (TPSA) is 54.9 Å². The summed E-state index contributed by atoms with van der Waals surface area (Å²) in [5.74, 6) is 0. The van der Waals surface area contributed by atoms with Crippen LogP contribution in [-0.2, 0) is 9.16 Å². The summed E-state index contributed by atoms with van der Waals surface area (Å²) in [7, 11) is -1.73. The first kappa shape index (κ1) is 15.1. The molecule has 0 aromatic carbocycles. The molecule has 2 rings (SSSR count). The van der Waals surface area contributed by atoms with Crippen molar-refractivity contribution in [2.24, 2.45) is 0 Å². The molecule has 0 amide bonds. The highest BCUT2D eigenvalue weighted by Gasteiger charge is 2.48. The van der Waals surface area contributed by atoms with E-state index in [0.717, 1.165) is 5.01 Å². The molecule has 0 bridgehead atoms. The Morgan fingerprint density at radius 3 is 2.74 bits per heavy atom. The molecule has 1 aliphatic heterocycles. The van der Waals surface area contributed by atoms with Gasteiger partial charge in [0.2, 0.25) is 0 Å². The first-order valence-corrected chi connectivity index (χ1v) is 10.4. The van der Waals surface area contributed by atoms with Gasteiger partial charge in [-0.1, -0.05) is 20.8 Å². The van der Waals surface area contributed by atoms with Crippen LogP contribution in [0.25, 0.3) is 0 Å². The van der Waals surface area contributed by atoms with Crippen LogP contribution in [-0.4, -0.2) is 37.2 Å². The van der Waals surface area contributed by atoms with Gasteiger partial charge in [-0.2, -0.15) is 0 Å². The standard InChI is InChI=1S/C13H23NO3SSi/c1-13(2,3)19(4,5)16-8-9-11(17-9)10(15)12-14-6-7-18-12/h6-7,9-11,15H,8H2,1-5H3/t9-,10?,11+/m0/s1. The first-order valence-electron chi connectivity index (χ1n) is 6.59. The molecule has 1 N–H and O–H groups in total. The van der Waals surface area contributed by atoms with Crippen LogP contribution in [0.3, 0.4) is 0 Å². The van der Waals surface area contributed by atoms with Gasteiger partial charge in [0.05, 0.1) is 6.61 Å². The minimum atomic E-state index is -1.73. The van der Waals surface area contributed by atoms with Crippen LogP contribution in [0.5, 0.6) is 0 Å². The first-order chi connectivity index (χ1) is 8.72. The lowest BCUT2D eigenvalue weighted by molar-refractivity contribution is 0.136. The lowest BCUT2D eigenvalue weighted by atomic mass is 10.2. The van der Waals surface area contributed by atoms with Gasteiger partial charge >= 0.3 is 0 Å². The molecule has 0 spiro atoms. The van der Waals surface area contributed by atoms with Gasteiger partial charge in [-0.05, 0) is 18.1 Å². The van der Waals surface area contributed by atoms with E-state index in [4.69, 9.17) is 9.16 Å². The van der Waals surface area contributed by atoms with Crippen LogP contribution in [0.15, 0.2) is 11.6 Å². The van der Waals surface area contributed by atoms with E-state index in [9.17, 15) is 5.11 Å². The minimum absolute atomic E-state index is 0.00743. The van der Waals surface area contributed by atoms with Gasteiger partial charge in [0.15, 0.2) is 8.32 Å². The molecule has 1 saturated heterocycles. The van der Waals surface area contributed by atoms with E-state index in [1.165, 1.54) is 11.3 Å². The smallest absolute Gasteiger partial charge is 0.192 e. The number of ether oxygens (including phenoxy) is 1. The van der Waals surface area contributed by atoms with Crippen molar-refractivity contribution in [2.75, 3.05) is 6.61 Å². The van der Waals surface area contributed by atoms with E-state index < -0.39 is 14.4 Å². The van der Waals surface area contributed by atoms with Gasteiger partial charge in [-0.25, -0.2) is 4.98 Å². The van der Waals surface area contributed by atoms with Crippen LogP contribution < -0.4 is 0 Å². The molecule has 1 aromatic heterocycles. The van der Waals surface area contributed by atoms with E-state index in [-0.39, 0.29) is 17.2 Å². The molecule has 3 atom stereocenters. The Morgan fingerprint density at radius 2 is 2.21 bits per heavy atom. The molecule has 1 fully saturated rings. The van der Waals surface area contributed by atoms with Crippen LogP contribution >= 0.6 is 11.3 Å². The van der Waals surface area contributed by atoms with Gasteiger partial charge in [0, 0.05) is 11.6 Å². The Bertz CT molecular complexity index is 416. The van der Waals surface area contributed by atoms with E-state index >= 15 is 0 Å². The molecule has 1 aliphatic rings. The summed E-state index contributed by atoms with van der Waals surface area (Å²) in [4.78, 5) is 4.12. The maximum atomic E-state index is 10.1. The summed E-state index contributed by atoms with van der Waals surface area (Å²) in [6.07, 6.45) is 0.934. The Kier molecular flexibility index (Phi) is 4.18. The average Bonchev–Trinajstić information content (AvgIpc) is 2.86. The number of hydrogen-bond acceptors (Lipinski definition) is 5. The van der Waals surface area contributed by atoms with Gasteiger partial charge in [-0.3, -0.25) is 0 Å². The highest BCUT2D eigenvalue weighted by atomic mass is 32.1. The Morgan fingerprint density at radius 1 is 1.53 bits per heavy atom. The van der Waals surface area contributed by atoms with Crippen molar-refractivity contribution in [1.82, 2.24) is 4.98 Å². The van der Waals surface area contributed by atoms with E-state index in [0.29, 0.717) is 6.61 Å². The highest BCUT2D eigenvalue weighted by Crippen LogP contribution is 2.39. The van der Waals surface area contributed by atoms with Crippen molar-refractivity contribution in [3.05, 3.63) is 16.6 Å². The molecule has 19 heavy (non-hydrogen) atoms. The molecule has 0 radical (unpaired) electrons. The fourth-order valence-corrected chi connectivity index (χ4v) is 3.27. The van der Waals surface area contributed by atoms with Crippen LogP contribution in [0.1, 0.15) is 31.9 Å². The summed E-state index contributed by atoms with van der Waals surface area (Å²) in [5, 5.41) is 12.9. The molecule has 4 nitrogen and oxygen atoms in total. The number of aromatic nitrogens is 1. The van der Waals surface area contributed by atoms with Gasteiger partial charge in [0.25, 0.3) is 0 Å². The molecule has 1 aromatic rings. The number of thiazole rings is 1. The maximum absolute atomic E-state index is 10.1. The largest absolute Gasteiger partial charge is 0.414 e. The summed E-state index contributed by atoms with van der Waals surface area (Å²) in [6, 6.07) is 0. The monoisotopic (exact) mass is 301 g/mol. The third-order valence-electron chi connectivity index (χ3n) is 4.05. The van der Waals surface area contributed by atoms with Crippen LogP contribution in [0, 0.1) is 0 Å². The third-order valence-corrected chi connectivity index (χ3v) is 9.40. The Balaban J connectivity index is 1.82. The quantitative estimate of drug-likeness (QED) is 0.671. The van der Waals surface area contributed by atoms with Gasteiger partial charge < -0.3 is 14.3 Å². The Hall–Kier alpha value is -0.273. The molecular weight excluding hydrogens is 278 g/mol. The third kappa shape index (κ3) is 3.44. The predicted molar refractivity (Wildman–Crippen MR) is 78.9 cm³/mol. The van der Waals surface area contributed by atoms with Crippen molar-refractivity contribution in [2.45, 2.75) is 57.2 Å². The van der Waals surface area contributed by atoms with Crippen molar-refractivity contribution in [3.63, 3.8) is 0 Å². The molecule has 0 saturated carbocycles. The normalized spacial score (nSPS) is 25.4. The highest BCUT2D eigenvalue weighted by molar-refractivity contribution is 7.09. The lowest BCUT2D eigenvalue weighted by Gasteiger charge is -2.36. The number of rotatable bonds is 5. The van der Waals surface area contributed by atoms with Crippen LogP contribution in [0.4, 0.5) is 0 Å². The fraction of sp³-hybridized carbons (Fsp3) is 0.769. The van der Waals surface area contributed by atoms with Gasteiger partial charge in [0.1, 0.15) is 23.3 Å². The van der Waals surface area contributed by atoms with E-state index in [1.807, 2.05) is 5.38 Å². The summed E-state index contributed by atoms with van der Waals surface area (Å²) < 4.78 is 11.6. The van der Waals surface area contributed by atoms with Crippen molar-refractivity contribution in [1.29, 1.82) is 0 Å². The number of aliphatic hydroxyl groups is 1. The fourth-order valence-electron chi connectivity index (χ4n) is 1.60. The van der Waals surface area contributed by atoms with Crippen molar-refractivity contribution < 1.29 is 14.3 Å². The molecule has 108 valence electrons. The van der Waals surface area contributed by atoms with Gasteiger partial charge in [-0.15, -0.1) is 11.3 Å². The molecule has 6 heteroatoms. The number of epoxide rings is 1. The molecule has 1 unspecified atom stereocenters. The summed E-state index contributed by atoms with van der Waals surface area (Å²) in [6.45, 7) is 11.7. The second-order valence-electron chi connectivity index (χ2n) is 6.53. The molecule has 2 heterocycles. The zero-order valence-electron chi connectivity index (χ0n) is 12.2. The second kappa shape index (κ2) is 5.25. The SMILES string of the molecule is CC(C)(C)[Si](C)(C)OC[C@@H]1O[C@H]1C(O)c1nccs1. The predicted octanol–water partition coefficient (Wildman–Crippen LogP) is 2.97. The Labute approximate surface area is 119 Å². The number of aliphatic hydroxyl groups excluding tert-OH is 1. The van der Waals surface area contributed by atoms with Crippen molar-refractivity contribution in [3.8, 4) is 0 Å². The van der Waals surface area contributed by atoms with E-state index in [2.05, 4.69) is 38.8 Å². The zero-order valence-corrected chi connectivity index (χ0v) is 14.0. The number of nitrogens with zero attached hydrogens (tertiary/aromatic N) is 1. The lowest BCUT2D eigenvalue weighted by Crippen LogP contribution is -2.41. The molecular formula is C13H23NO3SSi. The van der Waals surface area contributed by atoms with E-state index in [1.54, 1.807) is 6.20 Å². The maximum Gasteiger partial charge on any atom is 0.192 e. The average molecular weight is 301 g/mol. The minimum Gasteiger partial charge on any atom is -0.414 e. The second-order valence-corrected chi connectivity index (χ2v) is 12.3. The summed E-state index contributed by atoms with van der Waals surface area (Å²) in [5.41, 5.74) is 0.